The van der Waals surface area contributed by atoms with Gasteiger partial charge in [-0.1, -0.05) is 29.3 Å². The number of esters is 1. The van der Waals surface area contributed by atoms with E-state index >= 15 is 0 Å². The lowest BCUT2D eigenvalue weighted by Crippen LogP contribution is -2.06. The third-order valence-corrected chi connectivity index (χ3v) is 3.53. The van der Waals surface area contributed by atoms with E-state index in [-0.39, 0.29) is 12.2 Å². The Kier molecular flexibility index (Phi) is 4.94. The highest BCUT2D eigenvalue weighted by Gasteiger charge is 2.13. The summed E-state index contributed by atoms with van der Waals surface area (Å²) in [4.78, 5) is 11.7. The highest BCUT2D eigenvalue weighted by atomic mass is 35.5. The van der Waals surface area contributed by atoms with Crippen LogP contribution in [-0.4, -0.2) is 13.1 Å². The zero-order valence-electron chi connectivity index (χ0n) is 11.2. The lowest BCUT2D eigenvalue weighted by molar-refractivity contribution is 0.0595. The van der Waals surface area contributed by atoms with Crippen molar-refractivity contribution in [2.24, 2.45) is 0 Å². The fraction of sp³-hybridized carbons (Fsp3) is 0.133. The predicted octanol–water partition coefficient (Wildman–Crippen LogP) is 3.94. The maximum absolute atomic E-state index is 11.7. The first-order valence-electron chi connectivity index (χ1n) is 6.06. The van der Waals surface area contributed by atoms with Gasteiger partial charge in [0, 0.05) is 5.69 Å². The molecule has 0 aliphatic rings. The molecule has 2 rings (SSSR count). The van der Waals surface area contributed by atoms with Crippen molar-refractivity contribution in [3.8, 4) is 5.75 Å². The van der Waals surface area contributed by atoms with E-state index in [1.165, 1.54) is 13.2 Å². The van der Waals surface area contributed by atoms with Crippen LogP contribution in [0.1, 0.15) is 15.9 Å². The van der Waals surface area contributed by atoms with Gasteiger partial charge in [0.15, 0.2) is 0 Å². The Balaban J connectivity index is 2.19. The van der Waals surface area contributed by atoms with Crippen LogP contribution in [0.25, 0.3) is 0 Å². The highest BCUT2D eigenvalue weighted by Crippen LogP contribution is 2.26. The first-order chi connectivity index (χ1) is 10.0. The van der Waals surface area contributed by atoms with E-state index in [4.69, 9.17) is 38.4 Å². The maximum Gasteiger partial charge on any atom is 0.341 e. The molecule has 0 unspecified atom stereocenters. The van der Waals surface area contributed by atoms with Gasteiger partial charge in [0.1, 0.15) is 17.9 Å². The molecular weight excluding hydrogens is 313 g/mol. The highest BCUT2D eigenvalue weighted by molar-refractivity contribution is 6.42. The maximum atomic E-state index is 11.7. The number of benzene rings is 2. The molecule has 110 valence electrons. The van der Waals surface area contributed by atoms with E-state index in [0.29, 0.717) is 21.5 Å². The molecule has 2 aromatic rings. The Morgan fingerprint density at radius 3 is 2.57 bits per heavy atom. The predicted molar refractivity (Wildman–Crippen MR) is 83.0 cm³/mol. The summed E-state index contributed by atoms with van der Waals surface area (Å²) in [7, 11) is 1.30. The summed E-state index contributed by atoms with van der Waals surface area (Å²) in [5, 5.41) is 0.923. The van der Waals surface area contributed by atoms with Crippen molar-refractivity contribution >= 4 is 34.9 Å². The van der Waals surface area contributed by atoms with Gasteiger partial charge in [-0.2, -0.15) is 0 Å². The number of anilines is 1. The van der Waals surface area contributed by atoms with Crippen molar-refractivity contribution in [3.05, 3.63) is 57.6 Å². The molecule has 0 amide bonds. The molecule has 2 aromatic carbocycles. The standard InChI is InChI=1S/C15H13Cl2NO3/c1-20-15(19)11-7-10(18)3-5-14(11)21-8-9-2-4-12(16)13(17)6-9/h2-7H,8,18H2,1H3. The molecule has 6 heteroatoms. The topological polar surface area (TPSA) is 61.5 Å². The summed E-state index contributed by atoms with van der Waals surface area (Å²) in [6, 6.07) is 9.97. The van der Waals surface area contributed by atoms with Crippen LogP contribution in [0.5, 0.6) is 5.75 Å². The van der Waals surface area contributed by atoms with Gasteiger partial charge < -0.3 is 15.2 Å². The van der Waals surface area contributed by atoms with E-state index in [1.54, 1.807) is 30.3 Å². The van der Waals surface area contributed by atoms with Crippen LogP contribution in [0.15, 0.2) is 36.4 Å². The molecule has 0 aliphatic carbocycles. The van der Waals surface area contributed by atoms with Gasteiger partial charge in [0.25, 0.3) is 0 Å². The Hall–Kier alpha value is -1.91. The zero-order valence-corrected chi connectivity index (χ0v) is 12.7. The molecule has 0 saturated carbocycles. The number of carbonyl (C=O) groups is 1. The van der Waals surface area contributed by atoms with Crippen LogP contribution in [0.4, 0.5) is 5.69 Å². The van der Waals surface area contributed by atoms with Crippen LogP contribution in [-0.2, 0) is 11.3 Å². The second-order valence-electron chi connectivity index (χ2n) is 4.28. The SMILES string of the molecule is COC(=O)c1cc(N)ccc1OCc1ccc(Cl)c(Cl)c1. The molecule has 0 aromatic heterocycles. The summed E-state index contributed by atoms with van der Waals surface area (Å²) >= 11 is 11.8. The smallest absolute Gasteiger partial charge is 0.341 e. The number of hydrogen-bond donors (Lipinski definition) is 1. The van der Waals surface area contributed by atoms with E-state index in [2.05, 4.69) is 0 Å². The van der Waals surface area contributed by atoms with Crippen LogP contribution >= 0.6 is 23.2 Å². The van der Waals surface area contributed by atoms with Gasteiger partial charge in [-0.15, -0.1) is 0 Å². The summed E-state index contributed by atoms with van der Waals surface area (Å²) in [6.45, 7) is 0.241. The first kappa shape index (κ1) is 15.5. The number of nitrogen functional groups attached to an aromatic ring is 1. The van der Waals surface area contributed by atoms with Crippen molar-refractivity contribution in [2.45, 2.75) is 6.61 Å². The van der Waals surface area contributed by atoms with Gasteiger partial charge in [-0.3, -0.25) is 0 Å². The fourth-order valence-corrected chi connectivity index (χ4v) is 2.05. The number of halogens is 2. The van der Waals surface area contributed by atoms with Crippen molar-refractivity contribution in [2.75, 3.05) is 12.8 Å². The van der Waals surface area contributed by atoms with E-state index in [0.717, 1.165) is 5.56 Å². The van der Waals surface area contributed by atoms with E-state index in [9.17, 15) is 4.79 Å². The van der Waals surface area contributed by atoms with Gasteiger partial charge in [0.2, 0.25) is 0 Å². The Morgan fingerprint density at radius 2 is 1.90 bits per heavy atom. The molecule has 21 heavy (non-hydrogen) atoms. The molecule has 0 spiro atoms. The third kappa shape index (κ3) is 3.80. The molecule has 0 atom stereocenters. The fourth-order valence-electron chi connectivity index (χ4n) is 1.73. The van der Waals surface area contributed by atoms with E-state index in [1.807, 2.05) is 0 Å². The van der Waals surface area contributed by atoms with Gasteiger partial charge >= 0.3 is 5.97 Å². The van der Waals surface area contributed by atoms with E-state index < -0.39 is 5.97 Å². The van der Waals surface area contributed by atoms with Crippen LogP contribution in [0.3, 0.4) is 0 Å². The molecule has 0 radical (unpaired) electrons. The zero-order chi connectivity index (χ0) is 15.4. The van der Waals surface area contributed by atoms with Crippen molar-refractivity contribution in [1.82, 2.24) is 0 Å². The number of carbonyl (C=O) groups excluding carboxylic acids is 1. The van der Waals surface area contributed by atoms with Crippen molar-refractivity contribution < 1.29 is 14.3 Å². The largest absolute Gasteiger partial charge is 0.488 e. The third-order valence-electron chi connectivity index (χ3n) is 2.79. The number of ether oxygens (including phenoxy) is 2. The van der Waals surface area contributed by atoms with Crippen molar-refractivity contribution in [1.29, 1.82) is 0 Å². The molecular formula is C15H13Cl2NO3. The Morgan fingerprint density at radius 1 is 1.14 bits per heavy atom. The molecule has 0 heterocycles. The first-order valence-corrected chi connectivity index (χ1v) is 6.81. The average Bonchev–Trinajstić information content (AvgIpc) is 2.48. The molecule has 0 aliphatic heterocycles. The number of rotatable bonds is 4. The minimum Gasteiger partial charge on any atom is -0.488 e. The molecule has 0 saturated heterocycles. The monoisotopic (exact) mass is 325 g/mol. The van der Waals surface area contributed by atoms with Crippen LogP contribution < -0.4 is 10.5 Å². The molecule has 4 nitrogen and oxygen atoms in total. The average molecular weight is 326 g/mol. The molecule has 0 bridgehead atoms. The lowest BCUT2D eigenvalue weighted by Gasteiger charge is -2.11. The summed E-state index contributed by atoms with van der Waals surface area (Å²) in [5.41, 5.74) is 7.23. The quantitative estimate of drug-likeness (QED) is 0.683. The minimum atomic E-state index is -0.508. The summed E-state index contributed by atoms with van der Waals surface area (Å²) in [5.74, 6) is -0.117. The van der Waals surface area contributed by atoms with Gasteiger partial charge in [-0.25, -0.2) is 4.79 Å². The number of nitrogens with two attached hydrogens (primary N) is 1. The Bertz CT molecular complexity index is 674. The minimum absolute atomic E-state index is 0.241. The second kappa shape index (κ2) is 6.70. The van der Waals surface area contributed by atoms with Crippen LogP contribution in [0, 0.1) is 0 Å². The Labute approximate surface area is 132 Å². The lowest BCUT2D eigenvalue weighted by atomic mass is 10.1. The van der Waals surface area contributed by atoms with Gasteiger partial charge in [0.05, 0.1) is 17.2 Å². The molecule has 0 fully saturated rings. The number of hydrogen-bond acceptors (Lipinski definition) is 4. The number of methoxy groups -OCH3 is 1. The van der Waals surface area contributed by atoms with Gasteiger partial charge in [-0.05, 0) is 35.9 Å². The second-order valence-corrected chi connectivity index (χ2v) is 5.10. The molecule has 2 N–H and O–H groups in total. The van der Waals surface area contributed by atoms with Crippen molar-refractivity contribution in [3.63, 3.8) is 0 Å². The summed E-state index contributed by atoms with van der Waals surface area (Å²) < 4.78 is 10.3. The summed E-state index contributed by atoms with van der Waals surface area (Å²) in [6.07, 6.45) is 0. The van der Waals surface area contributed by atoms with Crippen LogP contribution in [0.2, 0.25) is 10.0 Å². The normalized spacial score (nSPS) is 10.2.